The standard InChI is InChI=1S/C11H18O3/c1-9(2)5-4-6-10(7-8-12)11(13)14-3/h5,7,12H,4,6,8H2,1-3H3/b10-7-. The molecule has 0 aromatic rings. The van der Waals surface area contributed by atoms with Gasteiger partial charge in [-0.05, 0) is 32.8 Å². The maximum absolute atomic E-state index is 11.2. The monoisotopic (exact) mass is 198 g/mol. The van der Waals surface area contributed by atoms with Crippen LogP contribution in [0.15, 0.2) is 23.3 Å². The van der Waals surface area contributed by atoms with Gasteiger partial charge in [0.15, 0.2) is 0 Å². The summed E-state index contributed by atoms with van der Waals surface area (Å²) in [5.41, 5.74) is 1.76. The van der Waals surface area contributed by atoms with E-state index < -0.39 is 0 Å². The summed E-state index contributed by atoms with van der Waals surface area (Å²) >= 11 is 0. The second kappa shape index (κ2) is 7.33. The molecule has 0 aliphatic carbocycles. The zero-order valence-electron chi connectivity index (χ0n) is 9.04. The Bertz CT molecular complexity index is 235. The zero-order chi connectivity index (χ0) is 11.0. The number of ether oxygens (including phenoxy) is 1. The van der Waals surface area contributed by atoms with Crippen LogP contribution in [0, 0.1) is 0 Å². The Morgan fingerprint density at radius 1 is 1.36 bits per heavy atom. The van der Waals surface area contributed by atoms with E-state index in [0.29, 0.717) is 12.0 Å². The number of allylic oxidation sites excluding steroid dienone is 2. The molecule has 0 heterocycles. The molecular weight excluding hydrogens is 180 g/mol. The maximum Gasteiger partial charge on any atom is 0.333 e. The van der Waals surface area contributed by atoms with Gasteiger partial charge in [0.05, 0.1) is 13.7 Å². The Labute approximate surface area is 85.1 Å². The van der Waals surface area contributed by atoms with Crippen molar-refractivity contribution < 1.29 is 14.6 Å². The van der Waals surface area contributed by atoms with Crippen LogP contribution in [0.2, 0.25) is 0 Å². The first kappa shape index (κ1) is 12.9. The van der Waals surface area contributed by atoms with Crippen LogP contribution in [0.5, 0.6) is 0 Å². The molecule has 0 saturated heterocycles. The molecule has 0 atom stereocenters. The highest BCUT2D eigenvalue weighted by Gasteiger charge is 2.07. The van der Waals surface area contributed by atoms with Crippen LogP contribution < -0.4 is 0 Å². The highest BCUT2D eigenvalue weighted by Crippen LogP contribution is 2.08. The van der Waals surface area contributed by atoms with Gasteiger partial charge in [-0.15, -0.1) is 0 Å². The van der Waals surface area contributed by atoms with Gasteiger partial charge in [0.25, 0.3) is 0 Å². The average Bonchev–Trinajstić information content (AvgIpc) is 2.15. The number of hydrogen-bond donors (Lipinski definition) is 1. The van der Waals surface area contributed by atoms with Crippen LogP contribution in [0.25, 0.3) is 0 Å². The summed E-state index contributed by atoms with van der Waals surface area (Å²) in [7, 11) is 1.34. The van der Waals surface area contributed by atoms with Crippen molar-refractivity contribution in [2.75, 3.05) is 13.7 Å². The lowest BCUT2D eigenvalue weighted by molar-refractivity contribution is -0.136. The summed E-state index contributed by atoms with van der Waals surface area (Å²) in [5, 5.41) is 8.69. The summed E-state index contributed by atoms with van der Waals surface area (Å²) in [6, 6.07) is 0. The number of esters is 1. The minimum atomic E-state index is -0.360. The molecule has 0 bridgehead atoms. The molecule has 14 heavy (non-hydrogen) atoms. The van der Waals surface area contributed by atoms with Gasteiger partial charge in [-0.25, -0.2) is 4.79 Å². The summed E-state index contributed by atoms with van der Waals surface area (Å²) in [5.74, 6) is -0.360. The van der Waals surface area contributed by atoms with Crippen molar-refractivity contribution in [2.45, 2.75) is 26.7 Å². The number of carbonyl (C=O) groups excluding carboxylic acids is 1. The Kier molecular flexibility index (Phi) is 6.76. The molecule has 0 saturated carbocycles. The van der Waals surface area contributed by atoms with Gasteiger partial charge < -0.3 is 9.84 Å². The fraction of sp³-hybridized carbons (Fsp3) is 0.545. The van der Waals surface area contributed by atoms with E-state index >= 15 is 0 Å². The third-order valence-corrected chi connectivity index (χ3v) is 1.75. The molecule has 0 rings (SSSR count). The molecule has 0 spiro atoms. The second-order valence-corrected chi connectivity index (χ2v) is 3.22. The minimum Gasteiger partial charge on any atom is -0.466 e. The summed E-state index contributed by atoms with van der Waals surface area (Å²) < 4.78 is 4.58. The van der Waals surface area contributed by atoms with Crippen LogP contribution in [0.4, 0.5) is 0 Å². The zero-order valence-corrected chi connectivity index (χ0v) is 9.04. The molecule has 0 unspecified atom stereocenters. The SMILES string of the molecule is COC(=O)/C(=C\CO)CCC=C(C)C. The largest absolute Gasteiger partial charge is 0.466 e. The molecule has 80 valence electrons. The lowest BCUT2D eigenvalue weighted by Gasteiger charge is -2.02. The number of aliphatic hydroxyl groups excluding tert-OH is 1. The Morgan fingerprint density at radius 2 is 2.00 bits per heavy atom. The predicted octanol–water partition coefficient (Wildman–Crippen LogP) is 1.82. The maximum atomic E-state index is 11.2. The molecule has 0 radical (unpaired) electrons. The van der Waals surface area contributed by atoms with Gasteiger partial charge in [0, 0.05) is 5.57 Å². The molecule has 0 amide bonds. The van der Waals surface area contributed by atoms with E-state index in [4.69, 9.17) is 5.11 Å². The first-order valence-electron chi connectivity index (χ1n) is 4.63. The Balaban J connectivity index is 4.19. The molecule has 0 aromatic heterocycles. The van der Waals surface area contributed by atoms with Crippen LogP contribution in [-0.2, 0) is 9.53 Å². The van der Waals surface area contributed by atoms with Gasteiger partial charge in [-0.1, -0.05) is 11.6 Å². The quantitative estimate of drug-likeness (QED) is 0.416. The van der Waals surface area contributed by atoms with Gasteiger partial charge in [0.2, 0.25) is 0 Å². The molecule has 0 aliphatic heterocycles. The van der Waals surface area contributed by atoms with Crippen molar-refractivity contribution >= 4 is 5.97 Å². The number of carbonyl (C=O) groups is 1. The van der Waals surface area contributed by atoms with E-state index in [1.807, 2.05) is 19.9 Å². The first-order valence-corrected chi connectivity index (χ1v) is 4.63. The predicted molar refractivity (Wildman–Crippen MR) is 55.8 cm³/mol. The van der Waals surface area contributed by atoms with Gasteiger partial charge in [0.1, 0.15) is 0 Å². The third-order valence-electron chi connectivity index (χ3n) is 1.75. The lowest BCUT2D eigenvalue weighted by atomic mass is 10.1. The minimum absolute atomic E-state index is 0.126. The molecule has 0 fully saturated rings. The summed E-state index contributed by atoms with van der Waals surface area (Å²) in [4.78, 5) is 11.2. The topological polar surface area (TPSA) is 46.5 Å². The van der Waals surface area contributed by atoms with Crippen molar-refractivity contribution in [1.82, 2.24) is 0 Å². The van der Waals surface area contributed by atoms with E-state index in [0.717, 1.165) is 6.42 Å². The lowest BCUT2D eigenvalue weighted by Crippen LogP contribution is -2.05. The number of methoxy groups -OCH3 is 1. The van der Waals surface area contributed by atoms with Crippen molar-refractivity contribution in [3.63, 3.8) is 0 Å². The number of hydrogen-bond acceptors (Lipinski definition) is 3. The highest BCUT2D eigenvalue weighted by atomic mass is 16.5. The van der Waals surface area contributed by atoms with Crippen LogP contribution in [0.3, 0.4) is 0 Å². The van der Waals surface area contributed by atoms with Crippen LogP contribution >= 0.6 is 0 Å². The molecule has 3 nitrogen and oxygen atoms in total. The first-order chi connectivity index (χ1) is 6.61. The van der Waals surface area contributed by atoms with Crippen molar-refractivity contribution in [1.29, 1.82) is 0 Å². The fourth-order valence-corrected chi connectivity index (χ4v) is 1.05. The molecule has 1 N–H and O–H groups in total. The van der Waals surface area contributed by atoms with Crippen LogP contribution in [0.1, 0.15) is 26.7 Å². The fourth-order valence-electron chi connectivity index (χ4n) is 1.05. The average molecular weight is 198 g/mol. The normalized spacial score (nSPS) is 11.0. The van der Waals surface area contributed by atoms with E-state index in [-0.39, 0.29) is 12.6 Å². The van der Waals surface area contributed by atoms with E-state index in [1.165, 1.54) is 18.8 Å². The van der Waals surface area contributed by atoms with Crippen LogP contribution in [-0.4, -0.2) is 24.8 Å². The van der Waals surface area contributed by atoms with Crippen molar-refractivity contribution in [2.24, 2.45) is 0 Å². The van der Waals surface area contributed by atoms with Crippen molar-refractivity contribution in [3.05, 3.63) is 23.3 Å². The second-order valence-electron chi connectivity index (χ2n) is 3.22. The van der Waals surface area contributed by atoms with Crippen molar-refractivity contribution in [3.8, 4) is 0 Å². The van der Waals surface area contributed by atoms with E-state index in [9.17, 15) is 4.79 Å². The smallest absolute Gasteiger partial charge is 0.333 e. The van der Waals surface area contributed by atoms with Gasteiger partial charge >= 0.3 is 5.97 Å². The van der Waals surface area contributed by atoms with E-state index in [2.05, 4.69) is 4.74 Å². The number of aliphatic hydroxyl groups is 1. The Morgan fingerprint density at radius 3 is 2.43 bits per heavy atom. The molecular formula is C11H18O3. The summed E-state index contributed by atoms with van der Waals surface area (Å²) in [6.07, 6.45) is 4.94. The number of rotatable bonds is 5. The Hall–Kier alpha value is -1.09. The molecule has 0 aliphatic rings. The third kappa shape index (κ3) is 5.54. The molecule has 0 aromatic carbocycles. The molecule has 3 heteroatoms. The van der Waals surface area contributed by atoms with E-state index in [1.54, 1.807) is 0 Å². The van der Waals surface area contributed by atoms with Gasteiger partial charge in [-0.2, -0.15) is 0 Å². The summed E-state index contributed by atoms with van der Waals surface area (Å²) in [6.45, 7) is 3.89. The highest BCUT2D eigenvalue weighted by molar-refractivity contribution is 5.88. The van der Waals surface area contributed by atoms with Gasteiger partial charge in [-0.3, -0.25) is 0 Å².